The molecule has 0 aromatic carbocycles. The lowest BCUT2D eigenvalue weighted by Gasteiger charge is -2.54. The minimum absolute atomic E-state index is 0.140. The lowest BCUT2D eigenvalue weighted by Crippen LogP contribution is -2.69. The van der Waals surface area contributed by atoms with Gasteiger partial charge in [0.2, 0.25) is 17.8 Å². The van der Waals surface area contributed by atoms with Crippen LogP contribution in [0.4, 0.5) is 5.95 Å². The van der Waals surface area contributed by atoms with Crippen LogP contribution in [0.15, 0.2) is 18.5 Å². The Bertz CT molecular complexity index is 735. The molecule has 1 N–H and O–H groups in total. The summed E-state index contributed by atoms with van der Waals surface area (Å²) in [6.45, 7) is 4.58. The molecule has 0 unspecified atom stereocenters. The Morgan fingerprint density at radius 2 is 1.82 bits per heavy atom. The molecule has 4 aliphatic rings. The van der Waals surface area contributed by atoms with E-state index in [9.17, 15) is 9.59 Å². The summed E-state index contributed by atoms with van der Waals surface area (Å²) in [7, 11) is 0. The molecule has 8 heteroatoms. The maximum Gasteiger partial charge on any atom is 0.245 e. The fourth-order valence-corrected chi connectivity index (χ4v) is 5.60. The maximum absolute atomic E-state index is 13.6. The average Bonchev–Trinajstić information content (AvgIpc) is 2.75. The van der Waals surface area contributed by atoms with Crippen molar-refractivity contribution in [2.45, 2.75) is 37.8 Å². The lowest BCUT2D eigenvalue weighted by atomic mass is 9.72. The fraction of sp³-hybridized carbons (Fsp3) is 0.700. The Hall–Kier alpha value is -2.22. The van der Waals surface area contributed by atoms with Crippen molar-refractivity contribution in [1.82, 2.24) is 25.1 Å². The number of anilines is 1. The second kappa shape index (κ2) is 7.31. The van der Waals surface area contributed by atoms with Crippen molar-refractivity contribution in [3.05, 3.63) is 18.5 Å². The predicted molar refractivity (Wildman–Crippen MR) is 104 cm³/mol. The summed E-state index contributed by atoms with van der Waals surface area (Å²) in [6, 6.07) is 1.75. The molecule has 4 fully saturated rings. The summed E-state index contributed by atoms with van der Waals surface area (Å²) < 4.78 is 0. The summed E-state index contributed by atoms with van der Waals surface area (Å²) in [5.74, 6) is 1.78. The normalized spacial score (nSPS) is 32.9. The van der Waals surface area contributed by atoms with Gasteiger partial charge >= 0.3 is 0 Å². The van der Waals surface area contributed by atoms with E-state index in [0.717, 1.165) is 51.4 Å². The third-order valence-corrected chi connectivity index (χ3v) is 6.92. The van der Waals surface area contributed by atoms with Crippen LogP contribution in [-0.2, 0) is 9.59 Å². The number of carbonyl (C=O) groups excluding carboxylic acids is 2. The van der Waals surface area contributed by atoms with Crippen molar-refractivity contribution in [3.8, 4) is 0 Å². The molecule has 5 rings (SSSR count). The van der Waals surface area contributed by atoms with E-state index in [-0.39, 0.29) is 29.8 Å². The van der Waals surface area contributed by atoms with Crippen LogP contribution in [0.3, 0.4) is 0 Å². The highest BCUT2D eigenvalue weighted by atomic mass is 16.2. The Morgan fingerprint density at radius 1 is 1.07 bits per heavy atom. The summed E-state index contributed by atoms with van der Waals surface area (Å²) in [6.07, 6.45) is 7.14. The van der Waals surface area contributed by atoms with Gasteiger partial charge in [-0.25, -0.2) is 9.97 Å². The summed E-state index contributed by atoms with van der Waals surface area (Å²) in [5.41, 5.74) is 0. The molecular formula is C20H28N6O2. The van der Waals surface area contributed by atoms with Gasteiger partial charge in [-0.05, 0) is 37.8 Å². The standard InChI is InChI=1S/C20H28N6O2/c27-17-4-1-3-16-14-11-15(13-21-12-14)18(26(16)17)19(28)24-7-9-25(10-8-24)20-22-5-2-6-23-20/h2,5-6,14-16,18,21H,1,3-4,7-13H2/t14-,15+,16+,18-/m1/s1. The van der Waals surface area contributed by atoms with E-state index >= 15 is 0 Å². The van der Waals surface area contributed by atoms with Crippen LogP contribution in [0.2, 0.25) is 0 Å². The Morgan fingerprint density at radius 3 is 2.61 bits per heavy atom. The predicted octanol–water partition coefficient (Wildman–Crippen LogP) is 0.114. The van der Waals surface area contributed by atoms with E-state index in [4.69, 9.17) is 0 Å². The number of fused-ring (bicyclic) bond motifs is 4. The summed E-state index contributed by atoms with van der Waals surface area (Å²) >= 11 is 0. The molecule has 4 atom stereocenters. The van der Waals surface area contributed by atoms with Crippen LogP contribution in [0.5, 0.6) is 0 Å². The van der Waals surface area contributed by atoms with E-state index in [1.807, 2.05) is 15.9 Å². The van der Waals surface area contributed by atoms with Gasteiger partial charge in [0.15, 0.2) is 0 Å². The number of hydrogen-bond acceptors (Lipinski definition) is 6. The molecule has 0 saturated carbocycles. The minimum atomic E-state index is -0.290. The van der Waals surface area contributed by atoms with Gasteiger partial charge in [0.05, 0.1) is 0 Å². The van der Waals surface area contributed by atoms with Crippen molar-refractivity contribution >= 4 is 17.8 Å². The first-order valence-corrected chi connectivity index (χ1v) is 10.5. The molecule has 150 valence electrons. The molecule has 2 amide bonds. The molecule has 1 aromatic rings. The minimum Gasteiger partial charge on any atom is -0.337 e. The van der Waals surface area contributed by atoms with E-state index in [0.29, 0.717) is 25.4 Å². The van der Waals surface area contributed by atoms with Gasteiger partial charge < -0.3 is 20.0 Å². The highest BCUT2D eigenvalue weighted by Crippen LogP contribution is 2.40. The Balaban J connectivity index is 1.32. The van der Waals surface area contributed by atoms with Crippen molar-refractivity contribution in [1.29, 1.82) is 0 Å². The number of piperidine rings is 3. The SMILES string of the molecule is O=C([C@H]1[C@@H]2CNC[C@@H](C2)[C@@H]2CCCC(=O)N21)N1CCN(c2ncccn2)CC1. The zero-order chi connectivity index (χ0) is 19.1. The first-order valence-electron chi connectivity index (χ1n) is 10.5. The van der Waals surface area contributed by atoms with E-state index in [1.54, 1.807) is 12.4 Å². The Labute approximate surface area is 165 Å². The van der Waals surface area contributed by atoms with Gasteiger partial charge in [-0.2, -0.15) is 0 Å². The Kier molecular flexibility index (Phi) is 4.66. The molecule has 4 saturated heterocycles. The van der Waals surface area contributed by atoms with E-state index in [1.165, 1.54) is 0 Å². The van der Waals surface area contributed by atoms with Gasteiger partial charge in [-0.3, -0.25) is 9.59 Å². The molecule has 28 heavy (non-hydrogen) atoms. The number of rotatable bonds is 2. The number of hydrogen-bond donors (Lipinski definition) is 1. The monoisotopic (exact) mass is 384 g/mol. The second-order valence-electron chi connectivity index (χ2n) is 8.48. The first kappa shape index (κ1) is 17.8. The van der Waals surface area contributed by atoms with Gasteiger partial charge in [0.25, 0.3) is 0 Å². The van der Waals surface area contributed by atoms with Gasteiger partial charge in [0.1, 0.15) is 6.04 Å². The smallest absolute Gasteiger partial charge is 0.245 e. The molecule has 0 aliphatic carbocycles. The van der Waals surface area contributed by atoms with Gasteiger partial charge in [-0.15, -0.1) is 0 Å². The largest absolute Gasteiger partial charge is 0.337 e. The van der Waals surface area contributed by atoms with E-state index in [2.05, 4.69) is 20.2 Å². The fourth-order valence-electron chi connectivity index (χ4n) is 5.60. The highest BCUT2D eigenvalue weighted by molar-refractivity contribution is 5.89. The number of carbonyl (C=O) groups is 2. The second-order valence-corrected chi connectivity index (χ2v) is 8.48. The molecule has 0 radical (unpaired) electrons. The zero-order valence-electron chi connectivity index (χ0n) is 16.2. The third kappa shape index (κ3) is 3.03. The number of nitrogens with zero attached hydrogens (tertiary/aromatic N) is 5. The molecule has 2 bridgehead atoms. The molecular weight excluding hydrogens is 356 g/mol. The molecule has 4 aliphatic heterocycles. The lowest BCUT2D eigenvalue weighted by molar-refractivity contribution is -0.162. The number of amides is 2. The average molecular weight is 384 g/mol. The van der Waals surface area contributed by atoms with Crippen molar-refractivity contribution < 1.29 is 9.59 Å². The third-order valence-electron chi connectivity index (χ3n) is 6.92. The highest BCUT2D eigenvalue weighted by Gasteiger charge is 2.51. The molecule has 0 spiro atoms. The quantitative estimate of drug-likeness (QED) is 0.780. The van der Waals surface area contributed by atoms with Crippen LogP contribution in [-0.4, -0.2) is 82.9 Å². The number of piperazine rings is 1. The van der Waals surface area contributed by atoms with Crippen molar-refractivity contribution in [2.75, 3.05) is 44.2 Å². The van der Waals surface area contributed by atoms with Crippen LogP contribution in [0.25, 0.3) is 0 Å². The zero-order valence-corrected chi connectivity index (χ0v) is 16.2. The summed E-state index contributed by atoms with van der Waals surface area (Å²) in [4.78, 5) is 41.1. The first-order chi connectivity index (χ1) is 13.7. The molecule has 8 nitrogen and oxygen atoms in total. The van der Waals surface area contributed by atoms with Crippen LogP contribution in [0, 0.1) is 11.8 Å². The topological polar surface area (TPSA) is 81.7 Å². The number of nitrogens with one attached hydrogen (secondary N) is 1. The summed E-state index contributed by atoms with van der Waals surface area (Å²) in [5, 5.41) is 3.52. The van der Waals surface area contributed by atoms with Crippen LogP contribution >= 0.6 is 0 Å². The van der Waals surface area contributed by atoms with Crippen LogP contribution in [0.1, 0.15) is 25.7 Å². The van der Waals surface area contributed by atoms with E-state index < -0.39 is 0 Å². The number of aromatic nitrogens is 2. The van der Waals surface area contributed by atoms with Gasteiger partial charge in [-0.1, -0.05) is 0 Å². The van der Waals surface area contributed by atoms with Crippen molar-refractivity contribution in [2.24, 2.45) is 11.8 Å². The molecule has 1 aromatic heterocycles. The van der Waals surface area contributed by atoms with Crippen LogP contribution < -0.4 is 10.2 Å². The molecule has 5 heterocycles. The van der Waals surface area contributed by atoms with Gasteiger partial charge in [0, 0.05) is 63.5 Å². The van der Waals surface area contributed by atoms with Crippen molar-refractivity contribution in [3.63, 3.8) is 0 Å². The maximum atomic E-state index is 13.6.